The van der Waals surface area contributed by atoms with Crippen LogP contribution in [-0.2, 0) is 13.2 Å². The predicted octanol–water partition coefficient (Wildman–Crippen LogP) is 5.12. The van der Waals surface area contributed by atoms with Gasteiger partial charge in [0, 0.05) is 27.7 Å². The highest BCUT2D eigenvalue weighted by Crippen LogP contribution is 2.24. The van der Waals surface area contributed by atoms with Gasteiger partial charge in [-0.15, -0.1) is 24.8 Å². The number of para-hydroxylation sites is 1. The number of ether oxygens (including phenoxy) is 1. The van der Waals surface area contributed by atoms with Gasteiger partial charge in [0.05, 0.1) is 0 Å². The SMILES string of the molecule is CNCCCNCc1ccccc1OCc1ccc(Cl)cc1Cl.Cl.Cl. The summed E-state index contributed by atoms with van der Waals surface area (Å²) in [4.78, 5) is 0. The van der Waals surface area contributed by atoms with Crippen LogP contribution in [0.1, 0.15) is 17.5 Å². The van der Waals surface area contributed by atoms with Crippen LogP contribution in [0.3, 0.4) is 0 Å². The van der Waals surface area contributed by atoms with E-state index in [1.165, 1.54) is 0 Å². The van der Waals surface area contributed by atoms with E-state index < -0.39 is 0 Å². The molecular formula is C18H24Cl4N2O. The molecule has 0 atom stereocenters. The molecule has 2 N–H and O–H groups in total. The van der Waals surface area contributed by atoms with E-state index in [4.69, 9.17) is 27.9 Å². The van der Waals surface area contributed by atoms with E-state index in [0.717, 1.165) is 42.9 Å². The Morgan fingerprint density at radius 3 is 2.44 bits per heavy atom. The molecule has 0 amide bonds. The van der Waals surface area contributed by atoms with Crippen molar-refractivity contribution in [3.8, 4) is 5.75 Å². The fraction of sp³-hybridized carbons (Fsp3) is 0.333. The van der Waals surface area contributed by atoms with Crippen molar-refractivity contribution >= 4 is 48.0 Å². The van der Waals surface area contributed by atoms with Crippen LogP contribution in [0.15, 0.2) is 42.5 Å². The minimum atomic E-state index is 0. The Kier molecular flexibility index (Phi) is 13.1. The smallest absolute Gasteiger partial charge is 0.124 e. The van der Waals surface area contributed by atoms with E-state index in [-0.39, 0.29) is 24.8 Å². The summed E-state index contributed by atoms with van der Waals surface area (Å²) in [5.41, 5.74) is 2.06. The molecule has 0 heterocycles. The van der Waals surface area contributed by atoms with Gasteiger partial charge in [-0.05, 0) is 44.8 Å². The quantitative estimate of drug-likeness (QED) is 0.547. The van der Waals surface area contributed by atoms with Crippen molar-refractivity contribution in [3.05, 3.63) is 63.6 Å². The standard InChI is InChI=1S/C18H22Cl2N2O.2ClH/c1-21-9-4-10-22-12-14-5-2-3-6-18(14)23-13-15-7-8-16(19)11-17(15)20;;/h2-3,5-8,11,21-22H,4,9-10,12-13H2,1H3;2*1H. The monoisotopic (exact) mass is 424 g/mol. The molecule has 2 aromatic carbocycles. The Balaban J connectivity index is 0.00000288. The first-order valence-corrected chi connectivity index (χ1v) is 8.46. The second-order valence-electron chi connectivity index (χ2n) is 5.27. The zero-order chi connectivity index (χ0) is 16.5. The van der Waals surface area contributed by atoms with E-state index >= 15 is 0 Å². The first-order valence-electron chi connectivity index (χ1n) is 7.70. The molecule has 7 heteroatoms. The molecule has 0 unspecified atom stereocenters. The number of halogens is 4. The summed E-state index contributed by atoms with van der Waals surface area (Å²) in [6.07, 6.45) is 1.10. The van der Waals surface area contributed by atoms with Gasteiger partial charge in [0.2, 0.25) is 0 Å². The highest BCUT2D eigenvalue weighted by molar-refractivity contribution is 6.35. The maximum atomic E-state index is 6.18. The lowest BCUT2D eigenvalue weighted by molar-refractivity contribution is 0.302. The molecule has 0 fully saturated rings. The lowest BCUT2D eigenvalue weighted by atomic mass is 10.2. The van der Waals surface area contributed by atoms with E-state index in [9.17, 15) is 0 Å². The third-order valence-corrected chi connectivity index (χ3v) is 4.05. The van der Waals surface area contributed by atoms with Gasteiger partial charge >= 0.3 is 0 Å². The Morgan fingerprint density at radius 2 is 1.72 bits per heavy atom. The number of rotatable bonds is 9. The van der Waals surface area contributed by atoms with Crippen LogP contribution in [0.2, 0.25) is 10.0 Å². The Hall–Kier alpha value is -0.680. The molecule has 2 rings (SSSR count). The van der Waals surface area contributed by atoms with Crippen LogP contribution in [0, 0.1) is 0 Å². The third-order valence-electron chi connectivity index (χ3n) is 3.47. The molecule has 0 saturated carbocycles. The molecule has 2 aromatic rings. The van der Waals surface area contributed by atoms with Gasteiger partial charge in [-0.2, -0.15) is 0 Å². The van der Waals surface area contributed by atoms with Gasteiger partial charge in [-0.1, -0.05) is 47.5 Å². The van der Waals surface area contributed by atoms with Crippen LogP contribution >= 0.6 is 48.0 Å². The average Bonchev–Trinajstić information content (AvgIpc) is 2.55. The Labute approximate surface area is 172 Å². The summed E-state index contributed by atoms with van der Waals surface area (Å²) in [5.74, 6) is 0.875. The molecule has 25 heavy (non-hydrogen) atoms. The van der Waals surface area contributed by atoms with Gasteiger partial charge in [-0.25, -0.2) is 0 Å². The van der Waals surface area contributed by atoms with Crippen LogP contribution in [0.5, 0.6) is 5.75 Å². The van der Waals surface area contributed by atoms with Crippen LogP contribution < -0.4 is 15.4 Å². The summed E-state index contributed by atoms with van der Waals surface area (Å²) in [6.45, 7) is 3.19. The van der Waals surface area contributed by atoms with Crippen molar-refractivity contribution in [3.63, 3.8) is 0 Å². The average molecular weight is 426 g/mol. The molecule has 0 bridgehead atoms. The minimum Gasteiger partial charge on any atom is -0.489 e. The summed E-state index contributed by atoms with van der Waals surface area (Å²) in [7, 11) is 1.96. The third kappa shape index (κ3) is 8.50. The lowest BCUT2D eigenvalue weighted by Gasteiger charge is -2.13. The molecule has 0 aliphatic rings. The summed E-state index contributed by atoms with van der Waals surface area (Å²) < 4.78 is 5.94. The normalized spacial score (nSPS) is 9.88. The maximum Gasteiger partial charge on any atom is 0.124 e. The highest BCUT2D eigenvalue weighted by Gasteiger charge is 2.06. The van der Waals surface area contributed by atoms with Gasteiger partial charge in [-0.3, -0.25) is 0 Å². The van der Waals surface area contributed by atoms with Gasteiger partial charge in [0.25, 0.3) is 0 Å². The fourth-order valence-corrected chi connectivity index (χ4v) is 2.66. The van der Waals surface area contributed by atoms with Gasteiger partial charge < -0.3 is 15.4 Å². The zero-order valence-corrected chi connectivity index (χ0v) is 17.2. The Morgan fingerprint density at radius 1 is 0.960 bits per heavy atom. The first-order chi connectivity index (χ1) is 11.2. The first kappa shape index (κ1) is 24.3. The highest BCUT2D eigenvalue weighted by atomic mass is 35.5. The summed E-state index contributed by atoms with van der Waals surface area (Å²) in [6, 6.07) is 13.5. The van der Waals surface area contributed by atoms with Gasteiger partial charge in [0.1, 0.15) is 12.4 Å². The predicted molar refractivity (Wildman–Crippen MR) is 112 cm³/mol. The van der Waals surface area contributed by atoms with E-state index in [1.54, 1.807) is 6.07 Å². The molecule has 0 radical (unpaired) electrons. The van der Waals surface area contributed by atoms with Crippen molar-refractivity contribution in [2.24, 2.45) is 0 Å². The van der Waals surface area contributed by atoms with E-state index in [2.05, 4.69) is 16.7 Å². The van der Waals surface area contributed by atoms with Crippen molar-refractivity contribution in [1.82, 2.24) is 10.6 Å². The molecule has 0 aliphatic heterocycles. The second-order valence-corrected chi connectivity index (χ2v) is 6.11. The largest absolute Gasteiger partial charge is 0.489 e. The topological polar surface area (TPSA) is 33.3 Å². The molecular weight excluding hydrogens is 402 g/mol. The fourth-order valence-electron chi connectivity index (χ4n) is 2.20. The van der Waals surface area contributed by atoms with Crippen molar-refractivity contribution in [1.29, 1.82) is 0 Å². The van der Waals surface area contributed by atoms with Crippen molar-refractivity contribution in [2.75, 3.05) is 20.1 Å². The van der Waals surface area contributed by atoms with Crippen LogP contribution in [-0.4, -0.2) is 20.1 Å². The zero-order valence-electron chi connectivity index (χ0n) is 14.1. The van der Waals surface area contributed by atoms with Crippen LogP contribution in [0.25, 0.3) is 0 Å². The molecule has 3 nitrogen and oxygen atoms in total. The van der Waals surface area contributed by atoms with E-state index in [1.807, 2.05) is 37.4 Å². The second kappa shape index (κ2) is 13.5. The minimum absolute atomic E-state index is 0. The number of hydrogen-bond donors (Lipinski definition) is 2. The van der Waals surface area contributed by atoms with E-state index in [0.29, 0.717) is 16.7 Å². The number of benzene rings is 2. The number of nitrogens with one attached hydrogen (secondary N) is 2. The molecule has 140 valence electrons. The Bertz CT molecular complexity index is 626. The number of hydrogen-bond acceptors (Lipinski definition) is 3. The summed E-state index contributed by atoms with van der Waals surface area (Å²) >= 11 is 12.1. The van der Waals surface area contributed by atoms with Crippen LogP contribution in [0.4, 0.5) is 0 Å². The van der Waals surface area contributed by atoms with Crippen molar-refractivity contribution in [2.45, 2.75) is 19.6 Å². The summed E-state index contributed by atoms with van der Waals surface area (Å²) in [5, 5.41) is 7.82. The lowest BCUT2D eigenvalue weighted by Crippen LogP contribution is -2.19. The maximum absolute atomic E-state index is 6.18. The molecule has 0 aromatic heterocycles. The molecule has 0 saturated heterocycles. The molecule has 0 spiro atoms. The van der Waals surface area contributed by atoms with Gasteiger partial charge in [0.15, 0.2) is 0 Å². The molecule has 0 aliphatic carbocycles. The van der Waals surface area contributed by atoms with Crippen molar-refractivity contribution < 1.29 is 4.74 Å².